The molecule has 0 spiro atoms. The highest BCUT2D eigenvalue weighted by molar-refractivity contribution is 6.07. The first-order valence-electron chi connectivity index (χ1n) is 8.40. The molecule has 1 amide bonds. The minimum atomic E-state index is -0.301. The van der Waals surface area contributed by atoms with Crippen molar-refractivity contribution >= 4 is 45.0 Å². The van der Waals surface area contributed by atoms with E-state index in [9.17, 15) is 14.4 Å². The molecule has 6 heteroatoms. The minimum Gasteiger partial charge on any atom is -0.453 e. The van der Waals surface area contributed by atoms with Crippen LogP contribution in [0.1, 0.15) is 45.2 Å². The second-order valence-corrected chi connectivity index (χ2v) is 6.41. The third kappa shape index (κ3) is 3.13. The normalized spacial score (nSPS) is 11.0. The summed E-state index contributed by atoms with van der Waals surface area (Å²) < 4.78 is 5.45. The third-order valence-electron chi connectivity index (χ3n) is 4.39. The van der Waals surface area contributed by atoms with Gasteiger partial charge in [0, 0.05) is 34.5 Å². The smallest absolute Gasteiger partial charge is 0.272 e. The van der Waals surface area contributed by atoms with Gasteiger partial charge in [-0.15, -0.1) is 0 Å². The number of rotatable bonds is 4. The molecule has 27 heavy (non-hydrogen) atoms. The van der Waals surface area contributed by atoms with Crippen LogP contribution in [0.4, 0.5) is 5.69 Å². The molecule has 2 aromatic heterocycles. The Balaban J connectivity index is 1.61. The molecular weight excluding hydrogens is 344 g/mol. The average Bonchev–Trinajstić information content (AvgIpc) is 3.24. The highest BCUT2D eigenvalue weighted by Gasteiger charge is 2.13. The van der Waals surface area contributed by atoms with Crippen LogP contribution in [0, 0.1) is 0 Å². The van der Waals surface area contributed by atoms with E-state index >= 15 is 0 Å². The molecular formula is C21H16N2O4. The number of hydrogen-bond acceptors (Lipinski definition) is 4. The number of aromatic amines is 1. The molecule has 4 rings (SSSR count). The largest absolute Gasteiger partial charge is 0.453 e. The van der Waals surface area contributed by atoms with Crippen molar-refractivity contribution in [3.63, 3.8) is 0 Å². The molecule has 0 saturated heterocycles. The van der Waals surface area contributed by atoms with Crippen LogP contribution >= 0.6 is 0 Å². The summed E-state index contributed by atoms with van der Waals surface area (Å²) in [5.41, 5.74) is 2.94. The van der Waals surface area contributed by atoms with E-state index in [1.165, 1.54) is 13.8 Å². The number of aromatic nitrogens is 1. The van der Waals surface area contributed by atoms with Crippen LogP contribution in [0.15, 0.2) is 52.9 Å². The van der Waals surface area contributed by atoms with Crippen LogP contribution < -0.4 is 5.32 Å². The Bertz CT molecular complexity index is 1230. The van der Waals surface area contributed by atoms with Gasteiger partial charge in [-0.1, -0.05) is 0 Å². The molecule has 0 unspecified atom stereocenters. The van der Waals surface area contributed by atoms with E-state index in [1.807, 2.05) is 0 Å². The lowest BCUT2D eigenvalue weighted by molar-refractivity contribution is 0.0986. The van der Waals surface area contributed by atoms with Crippen molar-refractivity contribution in [2.45, 2.75) is 13.8 Å². The fourth-order valence-electron chi connectivity index (χ4n) is 2.97. The second kappa shape index (κ2) is 6.25. The van der Waals surface area contributed by atoms with E-state index < -0.39 is 0 Å². The quantitative estimate of drug-likeness (QED) is 0.521. The van der Waals surface area contributed by atoms with Gasteiger partial charge in [0.2, 0.25) is 0 Å². The predicted octanol–water partition coefficient (Wildman–Crippen LogP) is 4.57. The molecule has 0 aliphatic heterocycles. The number of carbonyl (C=O) groups excluding carboxylic acids is 3. The number of H-pyrrole nitrogens is 1. The molecule has 0 fully saturated rings. The van der Waals surface area contributed by atoms with Gasteiger partial charge in [-0.2, -0.15) is 0 Å². The third-order valence-corrected chi connectivity index (χ3v) is 4.39. The van der Waals surface area contributed by atoms with Gasteiger partial charge in [-0.3, -0.25) is 14.4 Å². The van der Waals surface area contributed by atoms with Crippen molar-refractivity contribution in [2.24, 2.45) is 0 Å². The second-order valence-electron chi connectivity index (χ2n) is 6.41. The van der Waals surface area contributed by atoms with Crippen molar-refractivity contribution in [1.29, 1.82) is 0 Å². The van der Waals surface area contributed by atoms with Gasteiger partial charge in [0.25, 0.3) is 5.91 Å². The summed E-state index contributed by atoms with van der Waals surface area (Å²) in [6.45, 7) is 2.94. The highest BCUT2D eigenvalue weighted by atomic mass is 16.3. The maximum atomic E-state index is 12.6. The number of hydrogen-bond donors (Lipinski definition) is 2. The van der Waals surface area contributed by atoms with E-state index in [2.05, 4.69) is 10.3 Å². The van der Waals surface area contributed by atoms with Crippen molar-refractivity contribution in [2.75, 3.05) is 5.32 Å². The summed E-state index contributed by atoms with van der Waals surface area (Å²) in [6.07, 6.45) is 0. The molecule has 6 nitrogen and oxygen atoms in total. The fourth-order valence-corrected chi connectivity index (χ4v) is 2.97. The lowest BCUT2D eigenvalue weighted by atomic mass is 10.1. The molecule has 2 aromatic carbocycles. The Morgan fingerprint density at radius 3 is 2.44 bits per heavy atom. The first kappa shape index (κ1) is 16.8. The Hall–Kier alpha value is -3.67. The van der Waals surface area contributed by atoms with Gasteiger partial charge < -0.3 is 14.7 Å². The lowest BCUT2D eigenvalue weighted by Crippen LogP contribution is -2.11. The summed E-state index contributed by atoms with van der Waals surface area (Å²) in [5.74, 6) is -0.196. The molecule has 0 saturated carbocycles. The van der Waals surface area contributed by atoms with Gasteiger partial charge >= 0.3 is 0 Å². The van der Waals surface area contributed by atoms with Crippen LogP contribution in [0.25, 0.3) is 21.9 Å². The first-order valence-corrected chi connectivity index (χ1v) is 8.40. The van der Waals surface area contributed by atoms with E-state index in [-0.39, 0.29) is 23.2 Å². The summed E-state index contributed by atoms with van der Waals surface area (Å²) >= 11 is 0. The summed E-state index contributed by atoms with van der Waals surface area (Å²) in [6, 6.07) is 13.8. The Morgan fingerprint density at radius 2 is 1.70 bits per heavy atom. The van der Waals surface area contributed by atoms with Gasteiger partial charge in [-0.25, -0.2) is 0 Å². The van der Waals surface area contributed by atoms with E-state index in [0.29, 0.717) is 22.5 Å². The number of Topliss-reactive ketones (excluding diaryl/α,β-unsaturated/α-hetero) is 2. The maximum Gasteiger partial charge on any atom is 0.272 e. The van der Waals surface area contributed by atoms with Gasteiger partial charge in [0.1, 0.15) is 11.3 Å². The minimum absolute atomic E-state index is 0.0255. The average molecular weight is 360 g/mol. The van der Waals surface area contributed by atoms with Crippen molar-refractivity contribution in [3.05, 3.63) is 65.5 Å². The summed E-state index contributed by atoms with van der Waals surface area (Å²) in [5, 5.41) is 4.36. The Morgan fingerprint density at radius 1 is 0.889 bits per heavy atom. The van der Waals surface area contributed by atoms with Crippen LogP contribution in [0.5, 0.6) is 0 Å². The molecule has 0 aliphatic rings. The number of benzene rings is 2. The van der Waals surface area contributed by atoms with Crippen LogP contribution in [0.3, 0.4) is 0 Å². The van der Waals surface area contributed by atoms with Crippen molar-refractivity contribution in [3.8, 4) is 0 Å². The van der Waals surface area contributed by atoms with Gasteiger partial charge in [0.15, 0.2) is 17.3 Å². The number of anilines is 1. The number of furan rings is 1. The van der Waals surface area contributed by atoms with Gasteiger partial charge in [-0.05, 0) is 55.5 Å². The number of nitrogens with one attached hydrogen (secondary N) is 2. The standard InChI is InChI=1S/C21H16N2O4/c1-11(24)13-3-5-17-14(7-13)9-18(23-17)21(26)22-16-4-6-19-15(8-16)10-20(27-19)12(2)25/h3-10,23H,1-2H3,(H,22,26). The number of ketones is 2. The van der Waals surface area contributed by atoms with Crippen LogP contribution in [-0.4, -0.2) is 22.5 Å². The highest BCUT2D eigenvalue weighted by Crippen LogP contribution is 2.24. The monoisotopic (exact) mass is 360 g/mol. The van der Waals surface area contributed by atoms with Crippen LogP contribution in [0.2, 0.25) is 0 Å². The van der Waals surface area contributed by atoms with E-state index in [4.69, 9.17) is 4.42 Å². The first-order chi connectivity index (χ1) is 12.9. The van der Waals surface area contributed by atoms with Crippen LogP contribution in [-0.2, 0) is 0 Å². The lowest BCUT2D eigenvalue weighted by Gasteiger charge is -2.03. The Labute approximate surface area is 154 Å². The van der Waals surface area contributed by atoms with E-state index in [1.54, 1.807) is 48.5 Å². The fraction of sp³-hybridized carbons (Fsp3) is 0.0952. The zero-order valence-electron chi connectivity index (χ0n) is 14.8. The molecule has 134 valence electrons. The molecule has 2 heterocycles. The van der Waals surface area contributed by atoms with Crippen molar-refractivity contribution in [1.82, 2.24) is 4.98 Å². The van der Waals surface area contributed by atoms with Crippen molar-refractivity contribution < 1.29 is 18.8 Å². The predicted molar refractivity (Wildman–Crippen MR) is 102 cm³/mol. The zero-order valence-corrected chi connectivity index (χ0v) is 14.8. The molecule has 0 atom stereocenters. The zero-order chi connectivity index (χ0) is 19.1. The summed E-state index contributed by atoms with van der Waals surface area (Å²) in [4.78, 5) is 38.5. The topological polar surface area (TPSA) is 92.2 Å². The molecule has 2 N–H and O–H groups in total. The molecule has 0 bridgehead atoms. The number of amides is 1. The Kier molecular flexibility index (Phi) is 3.88. The number of carbonyl (C=O) groups is 3. The SMILES string of the molecule is CC(=O)c1ccc2[nH]c(C(=O)Nc3ccc4oc(C(C)=O)cc4c3)cc2c1. The molecule has 0 aliphatic carbocycles. The van der Waals surface area contributed by atoms with Gasteiger partial charge in [0.05, 0.1) is 0 Å². The molecule has 0 radical (unpaired) electrons. The maximum absolute atomic E-state index is 12.6. The number of fused-ring (bicyclic) bond motifs is 2. The van der Waals surface area contributed by atoms with E-state index in [0.717, 1.165) is 16.3 Å². The summed E-state index contributed by atoms with van der Waals surface area (Å²) in [7, 11) is 0. The molecule has 4 aromatic rings.